The predicted molar refractivity (Wildman–Crippen MR) is 133 cm³/mol. The molecule has 2 aromatic carbocycles. The minimum absolute atomic E-state index is 0.292. The van der Waals surface area contributed by atoms with Crippen molar-refractivity contribution in [2.75, 3.05) is 19.8 Å². The predicted octanol–water partition coefficient (Wildman–Crippen LogP) is 6.09. The van der Waals surface area contributed by atoms with E-state index in [9.17, 15) is 4.57 Å². The van der Waals surface area contributed by atoms with Crippen molar-refractivity contribution in [2.24, 2.45) is 0 Å². The second-order valence-electron chi connectivity index (χ2n) is 7.60. The van der Waals surface area contributed by atoms with E-state index in [1.165, 1.54) is 22.4 Å². The molecule has 1 unspecified atom stereocenters. The van der Waals surface area contributed by atoms with Crippen LogP contribution in [0.1, 0.15) is 36.8 Å². The minimum Gasteiger partial charge on any atom is -0.493 e. The molecule has 3 rings (SSSR count). The van der Waals surface area contributed by atoms with Crippen molar-refractivity contribution in [3.8, 4) is 16.2 Å². The molecule has 32 heavy (non-hydrogen) atoms. The largest absolute Gasteiger partial charge is 0.493 e. The summed E-state index contributed by atoms with van der Waals surface area (Å²) in [6, 6.07) is 21.2. The Hall–Kier alpha value is -1.95. The highest BCUT2D eigenvalue weighted by atomic mass is 32.1. The van der Waals surface area contributed by atoms with Crippen LogP contribution >= 0.6 is 19.6 Å². The lowest BCUT2D eigenvalue weighted by atomic mass is 10.1. The first-order valence-corrected chi connectivity index (χ1v) is 13.3. The Kier molecular flexibility index (Phi) is 11.0. The van der Waals surface area contributed by atoms with Gasteiger partial charge in [-0.1, -0.05) is 42.5 Å². The molecule has 3 aromatic rings. The van der Waals surface area contributed by atoms with Crippen molar-refractivity contribution < 1.29 is 18.7 Å². The summed E-state index contributed by atoms with van der Waals surface area (Å²) in [6.45, 7) is 2.47. The molecule has 0 saturated heterocycles. The summed E-state index contributed by atoms with van der Waals surface area (Å²) in [7, 11) is -2.82. The lowest BCUT2D eigenvalue weighted by Crippen LogP contribution is -2.16. The van der Waals surface area contributed by atoms with E-state index in [1.807, 2.05) is 0 Å². The molecule has 0 aliphatic heterocycles. The molecule has 172 valence electrons. The summed E-state index contributed by atoms with van der Waals surface area (Å²) >= 11 is 1.71. The zero-order valence-electron chi connectivity index (χ0n) is 18.3. The molecule has 0 saturated carbocycles. The van der Waals surface area contributed by atoms with E-state index < -0.39 is 8.25 Å². The number of nitrogens with one attached hydrogen (secondary N) is 1. The Morgan fingerprint density at radius 3 is 2.56 bits per heavy atom. The van der Waals surface area contributed by atoms with Crippen LogP contribution in [-0.2, 0) is 22.1 Å². The van der Waals surface area contributed by atoms with Gasteiger partial charge in [-0.25, -0.2) is 0 Å². The monoisotopic (exact) mass is 473 g/mol. The highest BCUT2D eigenvalue weighted by molar-refractivity contribution is 7.32. The van der Waals surface area contributed by atoms with Crippen LogP contribution < -0.4 is 10.1 Å². The molecule has 2 N–H and O–H groups in total. The first kappa shape index (κ1) is 24.7. The normalized spacial score (nSPS) is 12.0. The molecule has 0 fully saturated rings. The van der Waals surface area contributed by atoms with Gasteiger partial charge in [0.15, 0.2) is 0 Å². The van der Waals surface area contributed by atoms with E-state index >= 15 is 0 Å². The number of rotatable bonds is 15. The van der Waals surface area contributed by atoms with E-state index in [4.69, 9.17) is 14.2 Å². The third kappa shape index (κ3) is 8.89. The zero-order chi connectivity index (χ0) is 22.4. The van der Waals surface area contributed by atoms with Crippen molar-refractivity contribution >= 4 is 19.6 Å². The summed E-state index contributed by atoms with van der Waals surface area (Å²) in [6.07, 6.45) is 5.19. The van der Waals surface area contributed by atoms with Gasteiger partial charge in [-0.2, -0.15) is 0 Å². The SMILES string of the molecule is O=[PH](O)OCCCNCc1ccc(OCCCCCc2ccccc2)c(-c2cccs2)c1. The van der Waals surface area contributed by atoms with Gasteiger partial charge in [-0.3, -0.25) is 4.57 Å². The van der Waals surface area contributed by atoms with E-state index in [2.05, 4.69) is 71.4 Å². The molecular formula is C25H32NO4PS. The molecular weight excluding hydrogens is 441 g/mol. The van der Waals surface area contributed by atoms with E-state index in [1.54, 1.807) is 11.3 Å². The fraction of sp³-hybridized carbons (Fsp3) is 0.360. The molecule has 0 aliphatic carbocycles. The number of hydrogen-bond acceptors (Lipinski definition) is 5. The molecule has 0 bridgehead atoms. The van der Waals surface area contributed by atoms with Crippen LogP contribution in [0, 0.1) is 0 Å². The summed E-state index contributed by atoms with van der Waals surface area (Å²) in [5.41, 5.74) is 3.71. The van der Waals surface area contributed by atoms with E-state index in [0.29, 0.717) is 13.0 Å². The first-order chi connectivity index (χ1) is 15.7. The molecule has 1 heterocycles. The fourth-order valence-electron chi connectivity index (χ4n) is 3.46. The molecule has 5 nitrogen and oxygen atoms in total. The van der Waals surface area contributed by atoms with Crippen LogP contribution in [0.5, 0.6) is 5.75 Å². The summed E-state index contributed by atoms with van der Waals surface area (Å²) < 4.78 is 21.4. The lowest BCUT2D eigenvalue weighted by Gasteiger charge is -2.13. The Labute approximate surface area is 195 Å². The average molecular weight is 474 g/mol. The highest BCUT2D eigenvalue weighted by Crippen LogP contribution is 2.34. The van der Waals surface area contributed by atoms with Gasteiger partial charge in [-0.05, 0) is 73.4 Å². The van der Waals surface area contributed by atoms with Crippen LogP contribution in [0.25, 0.3) is 10.4 Å². The quantitative estimate of drug-likeness (QED) is 0.207. The third-order valence-corrected chi connectivity index (χ3v) is 6.45. The van der Waals surface area contributed by atoms with Crippen molar-refractivity contribution in [3.63, 3.8) is 0 Å². The van der Waals surface area contributed by atoms with Crippen molar-refractivity contribution in [1.82, 2.24) is 5.32 Å². The number of benzene rings is 2. The van der Waals surface area contributed by atoms with Crippen LogP contribution in [0.2, 0.25) is 0 Å². The van der Waals surface area contributed by atoms with Crippen LogP contribution in [0.4, 0.5) is 0 Å². The fourth-order valence-corrected chi connectivity index (χ4v) is 4.53. The van der Waals surface area contributed by atoms with Gasteiger partial charge < -0.3 is 19.5 Å². The van der Waals surface area contributed by atoms with Gasteiger partial charge in [0.05, 0.1) is 13.2 Å². The summed E-state index contributed by atoms with van der Waals surface area (Å²) in [4.78, 5) is 9.88. The second-order valence-corrected chi connectivity index (χ2v) is 9.37. The number of aryl methyl sites for hydroxylation is 1. The molecule has 1 aromatic heterocycles. The topological polar surface area (TPSA) is 67.8 Å². The molecule has 0 amide bonds. The maximum atomic E-state index is 10.6. The molecule has 0 spiro atoms. The summed E-state index contributed by atoms with van der Waals surface area (Å²) in [5.74, 6) is 0.931. The lowest BCUT2D eigenvalue weighted by molar-refractivity contribution is 0.276. The second kappa shape index (κ2) is 14.2. The third-order valence-electron chi connectivity index (χ3n) is 5.09. The van der Waals surface area contributed by atoms with E-state index in [0.717, 1.165) is 50.3 Å². The van der Waals surface area contributed by atoms with Gasteiger partial charge in [0, 0.05) is 17.0 Å². The van der Waals surface area contributed by atoms with Crippen molar-refractivity contribution in [3.05, 3.63) is 77.2 Å². The Morgan fingerprint density at radius 1 is 0.906 bits per heavy atom. The van der Waals surface area contributed by atoms with E-state index in [-0.39, 0.29) is 0 Å². The number of unbranched alkanes of at least 4 members (excludes halogenated alkanes) is 2. The van der Waals surface area contributed by atoms with Gasteiger partial charge >= 0.3 is 8.25 Å². The summed E-state index contributed by atoms with van der Waals surface area (Å²) in [5, 5.41) is 5.44. The standard InChI is InChI=1S/C25H32NO4PS/c27-31(28)30-17-8-15-26-20-22-13-14-24(23(19-22)25-12-7-18-32-25)29-16-6-2-5-11-21-9-3-1-4-10-21/h1,3-4,7,9-10,12-14,18-19,26,31H,2,5-6,8,11,15-17,20H2,(H,27,28). The van der Waals surface area contributed by atoms with Gasteiger partial charge in [0.2, 0.25) is 0 Å². The smallest absolute Gasteiger partial charge is 0.316 e. The Balaban J connectivity index is 1.45. The van der Waals surface area contributed by atoms with Gasteiger partial charge in [0.1, 0.15) is 5.75 Å². The van der Waals surface area contributed by atoms with Crippen LogP contribution in [-0.4, -0.2) is 24.7 Å². The van der Waals surface area contributed by atoms with Gasteiger partial charge in [-0.15, -0.1) is 11.3 Å². The minimum atomic E-state index is -2.82. The Morgan fingerprint density at radius 2 is 1.78 bits per heavy atom. The zero-order valence-corrected chi connectivity index (χ0v) is 20.1. The molecule has 7 heteroatoms. The number of thiophene rings is 1. The molecule has 0 radical (unpaired) electrons. The highest BCUT2D eigenvalue weighted by Gasteiger charge is 2.09. The van der Waals surface area contributed by atoms with Crippen molar-refractivity contribution in [2.45, 2.75) is 38.6 Å². The molecule has 1 atom stereocenters. The Bertz CT molecular complexity index is 934. The maximum absolute atomic E-state index is 10.6. The maximum Gasteiger partial charge on any atom is 0.316 e. The average Bonchev–Trinajstić information content (AvgIpc) is 3.34. The van der Waals surface area contributed by atoms with Gasteiger partial charge in [0.25, 0.3) is 0 Å². The van der Waals surface area contributed by atoms with Crippen LogP contribution in [0.15, 0.2) is 66.0 Å². The number of ether oxygens (including phenoxy) is 1. The van der Waals surface area contributed by atoms with Crippen molar-refractivity contribution in [1.29, 1.82) is 0 Å². The van der Waals surface area contributed by atoms with Crippen LogP contribution in [0.3, 0.4) is 0 Å². The first-order valence-electron chi connectivity index (χ1n) is 11.1. The number of hydrogen-bond donors (Lipinski definition) is 2. The molecule has 0 aliphatic rings.